The third-order valence-electron chi connectivity index (χ3n) is 2.75. The molecule has 0 aliphatic carbocycles. The van der Waals surface area contributed by atoms with Crippen molar-refractivity contribution in [2.75, 3.05) is 0 Å². The van der Waals surface area contributed by atoms with E-state index in [4.69, 9.17) is 0 Å². The van der Waals surface area contributed by atoms with Crippen molar-refractivity contribution >= 4 is 9.84 Å². The summed E-state index contributed by atoms with van der Waals surface area (Å²) in [7, 11) is -3.23. The number of hydrogen-bond donors (Lipinski definition) is 0. The molecule has 0 bridgehead atoms. The van der Waals surface area contributed by atoms with E-state index in [1.54, 1.807) is 24.7 Å². The molecule has 0 aliphatic heterocycles. The van der Waals surface area contributed by atoms with Crippen molar-refractivity contribution in [1.29, 1.82) is 0 Å². The van der Waals surface area contributed by atoms with Gasteiger partial charge in [-0.1, -0.05) is 30.3 Å². The second-order valence-electron chi connectivity index (χ2n) is 4.45. The first-order valence-corrected chi connectivity index (χ1v) is 7.35. The molecule has 0 aliphatic rings. The SMILES string of the molecule is CC(C)S(=O)(=O)c1cnn(Cc2ccccc2)c1. The molecule has 0 saturated heterocycles. The van der Waals surface area contributed by atoms with E-state index in [-0.39, 0.29) is 4.90 Å². The van der Waals surface area contributed by atoms with E-state index in [0.29, 0.717) is 6.54 Å². The summed E-state index contributed by atoms with van der Waals surface area (Å²) in [4.78, 5) is 0.286. The zero-order chi connectivity index (χ0) is 13.2. The first-order valence-electron chi connectivity index (χ1n) is 5.80. The maximum Gasteiger partial charge on any atom is 0.183 e. The fourth-order valence-corrected chi connectivity index (χ4v) is 2.63. The standard InChI is InChI=1S/C13H16N2O2S/c1-11(2)18(16,17)13-8-14-15(10-13)9-12-6-4-3-5-7-12/h3-8,10-11H,9H2,1-2H3. The van der Waals surface area contributed by atoms with Crippen LogP contribution < -0.4 is 0 Å². The molecule has 0 spiro atoms. The largest absolute Gasteiger partial charge is 0.267 e. The molecule has 5 heteroatoms. The summed E-state index contributed by atoms with van der Waals surface area (Å²) in [5, 5.41) is 3.67. The smallest absolute Gasteiger partial charge is 0.183 e. The number of nitrogens with zero attached hydrogens (tertiary/aromatic N) is 2. The monoisotopic (exact) mass is 264 g/mol. The first kappa shape index (κ1) is 12.8. The van der Waals surface area contributed by atoms with Crippen molar-refractivity contribution < 1.29 is 8.42 Å². The molecule has 1 aromatic heterocycles. The molecule has 96 valence electrons. The Bertz CT molecular complexity index is 615. The molecule has 2 aromatic rings. The van der Waals surface area contributed by atoms with Gasteiger partial charge in [-0.05, 0) is 19.4 Å². The minimum Gasteiger partial charge on any atom is -0.267 e. The van der Waals surface area contributed by atoms with E-state index in [1.807, 2.05) is 30.3 Å². The van der Waals surface area contributed by atoms with E-state index < -0.39 is 15.1 Å². The van der Waals surface area contributed by atoms with E-state index in [9.17, 15) is 8.42 Å². The summed E-state index contributed by atoms with van der Waals surface area (Å²) in [5.74, 6) is 0. The molecule has 4 nitrogen and oxygen atoms in total. The number of sulfone groups is 1. The highest BCUT2D eigenvalue weighted by molar-refractivity contribution is 7.92. The molecule has 0 atom stereocenters. The van der Waals surface area contributed by atoms with E-state index in [2.05, 4.69) is 5.10 Å². The Morgan fingerprint density at radius 3 is 2.50 bits per heavy atom. The average Bonchev–Trinajstić information content (AvgIpc) is 2.79. The highest BCUT2D eigenvalue weighted by atomic mass is 32.2. The van der Waals surface area contributed by atoms with Crippen molar-refractivity contribution in [2.45, 2.75) is 30.5 Å². The van der Waals surface area contributed by atoms with Crippen LogP contribution in [0.25, 0.3) is 0 Å². The maximum atomic E-state index is 11.9. The van der Waals surface area contributed by atoms with Gasteiger partial charge in [-0.2, -0.15) is 5.10 Å². The molecule has 1 heterocycles. The summed E-state index contributed by atoms with van der Waals surface area (Å²) in [5.41, 5.74) is 1.09. The average molecular weight is 264 g/mol. The highest BCUT2D eigenvalue weighted by Crippen LogP contribution is 2.15. The lowest BCUT2D eigenvalue weighted by Gasteiger charge is -2.04. The van der Waals surface area contributed by atoms with Gasteiger partial charge < -0.3 is 0 Å². The van der Waals surface area contributed by atoms with Crippen molar-refractivity contribution in [3.8, 4) is 0 Å². The van der Waals surface area contributed by atoms with Gasteiger partial charge in [0, 0.05) is 6.20 Å². The van der Waals surface area contributed by atoms with Crippen LogP contribution >= 0.6 is 0 Å². The Morgan fingerprint density at radius 1 is 1.22 bits per heavy atom. The number of hydrogen-bond acceptors (Lipinski definition) is 3. The van der Waals surface area contributed by atoms with Crippen LogP contribution in [-0.2, 0) is 16.4 Å². The van der Waals surface area contributed by atoms with Gasteiger partial charge in [-0.3, -0.25) is 4.68 Å². The molecule has 0 radical (unpaired) electrons. The molecule has 18 heavy (non-hydrogen) atoms. The van der Waals surface area contributed by atoms with Crippen LogP contribution in [0.4, 0.5) is 0 Å². The van der Waals surface area contributed by atoms with Crippen LogP contribution in [0, 0.1) is 0 Å². The Kier molecular flexibility index (Phi) is 3.52. The zero-order valence-corrected chi connectivity index (χ0v) is 11.3. The van der Waals surface area contributed by atoms with Crippen molar-refractivity contribution in [3.63, 3.8) is 0 Å². The normalized spacial score (nSPS) is 11.9. The lowest BCUT2D eigenvalue weighted by Crippen LogP contribution is -2.13. The molecule has 1 aromatic carbocycles. The van der Waals surface area contributed by atoms with E-state index in [1.165, 1.54) is 6.20 Å². The Hall–Kier alpha value is -1.62. The van der Waals surface area contributed by atoms with Gasteiger partial charge >= 0.3 is 0 Å². The Morgan fingerprint density at radius 2 is 1.89 bits per heavy atom. The molecule has 2 rings (SSSR count). The minimum atomic E-state index is -3.23. The summed E-state index contributed by atoms with van der Waals surface area (Å²) >= 11 is 0. The number of rotatable bonds is 4. The predicted molar refractivity (Wildman–Crippen MR) is 70.1 cm³/mol. The van der Waals surface area contributed by atoms with Crippen LogP contribution in [0.15, 0.2) is 47.6 Å². The van der Waals surface area contributed by atoms with Gasteiger partial charge in [0.25, 0.3) is 0 Å². The number of aromatic nitrogens is 2. The fraction of sp³-hybridized carbons (Fsp3) is 0.308. The van der Waals surface area contributed by atoms with Gasteiger partial charge in [-0.15, -0.1) is 0 Å². The third kappa shape index (κ3) is 2.61. The number of benzene rings is 1. The highest BCUT2D eigenvalue weighted by Gasteiger charge is 2.20. The zero-order valence-electron chi connectivity index (χ0n) is 10.4. The van der Waals surface area contributed by atoms with Crippen LogP contribution in [-0.4, -0.2) is 23.4 Å². The molecule has 0 N–H and O–H groups in total. The Labute approximate surface area is 107 Å². The van der Waals surface area contributed by atoms with Crippen LogP contribution in [0.2, 0.25) is 0 Å². The molecule has 0 amide bonds. The van der Waals surface area contributed by atoms with Gasteiger partial charge in [0.2, 0.25) is 0 Å². The van der Waals surface area contributed by atoms with Crippen LogP contribution in [0.5, 0.6) is 0 Å². The van der Waals surface area contributed by atoms with Gasteiger partial charge in [0.1, 0.15) is 4.90 Å². The van der Waals surface area contributed by atoms with E-state index in [0.717, 1.165) is 5.56 Å². The summed E-state index contributed by atoms with van der Waals surface area (Å²) in [6, 6.07) is 9.81. The second-order valence-corrected chi connectivity index (χ2v) is 6.96. The van der Waals surface area contributed by atoms with Crippen molar-refractivity contribution in [2.24, 2.45) is 0 Å². The van der Waals surface area contributed by atoms with E-state index >= 15 is 0 Å². The summed E-state index contributed by atoms with van der Waals surface area (Å²) in [6.45, 7) is 3.92. The molecular formula is C13H16N2O2S. The van der Waals surface area contributed by atoms with Gasteiger partial charge in [-0.25, -0.2) is 8.42 Å². The Balaban J connectivity index is 2.22. The lowest BCUT2D eigenvalue weighted by atomic mass is 10.2. The minimum absolute atomic E-state index is 0.286. The molecular weight excluding hydrogens is 248 g/mol. The second kappa shape index (κ2) is 4.94. The van der Waals surface area contributed by atoms with Crippen molar-refractivity contribution in [1.82, 2.24) is 9.78 Å². The van der Waals surface area contributed by atoms with Crippen LogP contribution in [0.3, 0.4) is 0 Å². The quantitative estimate of drug-likeness (QED) is 0.850. The van der Waals surface area contributed by atoms with Crippen molar-refractivity contribution in [3.05, 3.63) is 48.3 Å². The summed E-state index contributed by atoms with van der Waals surface area (Å²) < 4.78 is 25.5. The molecule has 0 saturated carbocycles. The predicted octanol–water partition coefficient (Wildman–Crippen LogP) is 2.11. The van der Waals surface area contributed by atoms with Gasteiger partial charge in [0.05, 0.1) is 18.0 Å². The topological polar surface area (TPSA) is 52.0 Å². The lowest BCUT2D eigenvalue weighted by molar-refractivity contribution is 0.587. The maximum absolute atomic E-state index is 11.9. The fourth-order valence-electron chi connectivity index (χ4n) is 1.62. The van der Waals surface area contributed by atoms with Gasteiger partial charge in [0.15, 0.2) is 9.84 Å². The van der Waals surface area contributed by atoms with Crippen LogP contribution in [0.1, 0.15) is 19.4 Å². The summed E-state index contributed by atoms with van der Waals surface area (Å²) in [6.07, 6.45) is 3.00. The first-order chi connectivity index (χ1) is 8.50. The molecule has 0 fully saturated rings. The third-order valence-corrected chi connectivity index (χ3v) is 4.86. The molecule has 0 unspecified atom stereocenters.